The summed E-state index contributed by atoms with van der Waals surface area (Å²) in [6, 6.07) is 7.48. The number of carbonyl (C=O) groups excluding carboxylic acids is 2. The molecular weight excluding hydrogens is 384 g/mol. The number of nitrogens with zero attached hydrogens (tertiary/aromatic N) is 3. The predicted molar refractivity (Wildman–Crippen MR) is 111 cm³/mol. The van der Waals surface area contributed by atoms with Crippen LogP contribution in [-0.2, 0) is 16.1 Å². The first kappa shape index (κ1) is 20.5. The topological polar surface area (TPSA) is 118 Å². The summed E-state index contributed by atoms with van der Waals surface area (Å²) in [6.07, 6.45) is 5.30. The molecule has 160 valence electrons. The predicted octanol–water partition coefficient (Wildman–Crippen LogP) is 0.682. The van der Waals surface area contributed by atoms with Crippen LogP contribution in [0.4, 0.5) is 0 Å². The quantitative estimate of drug-likeness (QED) is 0.576. The molecule has 1 saturated heterocycles. The van der Waals surface area contributed by atoms with E-state index in [9.17, 15) is 14.4 Å². The van der Waals surface area contributed by atoms with Gasteiger partial charge in [-0.3, -0.25) is 19.7 Å². The third-order valence-electron chi connectivity index (χ3n) is 6.08. The molecule has 1 aliphatic carbocycles. The van der Waals surface area contributed by atoms with Gasteiger partial charge in [0.2, 0.25) is 11.8 Å². The first-order chi connectivity index (χ1) is 14.6. The van der Waals surface area contributed by atoms with Crippen molar-refractivity contribution in [3.05, 3.63) is 34.6 Å². The van der Waals surface area contributed by atoms with Gasteiger partial charge in [0.25, 0.3) is 5.56 Å². The zero-order chi connectivity index (χ0) is 20.9. The van der Waals surface area contributed by atoms with Gasteiger partial charge in [0.05, 0.1) is 18.0 Å². The number of amides is 2. The summed E-state index contributed by atoms with van der Waals surface area (Å²) in [7, 11) is 0. The van der Waals surface area contributed by atoms with Crippen molar-refractivity contribution in [3.8, 4) is 0 Å². The lowest BCUT2D eigenvalue weighted by atomic mass is 9.80. The molecular formula is C21H28N6O3. The standard InChI is InChI=1S/C21H28N6O3/c28-19(24-14-9-10-17-16(12-14)20(29)23-13-22-17)8-2-1-5-11-27-21(30)15-6-3-4-7-18(15)25-26-27/h3-4,6-7,14,16-17,22H,1-2,5,8-13H2,(H,23,29)(H,24,28). The van der Waals surface area contributed by atoms with Gasteiger partial charge in [0.15, 0.2) is 0 Å². The largest absolute Gasteiger partial charge is 0.353 e. The highest BCUT2D eigenvalue weighted by Crippen LogP contribution is 2.26. The highest BCUT2D eigenvalue weighted by atomic mass is 16.2. The Morgan fingerprint density at radius 3 is 2.93 bits per heavy atom. The van der Waals surface area contributed by atoms with Gasteiger partial charge in [0.1, 0.15) is 5.52 Å². The second-order valence-corrected chi connectivity index (χ2v) is 8.16. The zero-order valence-corrected chi connectivity index (χ0v) is 17.0. The van der Waals surface area contributed by atoms with Crippen molar-refractivity contribution in [1.82, 2.24) is 30.9 Å². The second-order valence-electron chi connectivity index (χ2n) is 8.16. The number of carbonyl (C=O) groups is 2. The molecule has 1 aliphatic heterocycles. The number of benzene rings is 1. The Labute approximate surface area is 174 Å². The molecule has 3 N–H and O–H groups in total. The van der Waals surface area contributed by atoms with Gasteiger partial charge in [-0.2, -0.15) is 0 Å². The molecule has 2 fully saturated rings. The normalized spacial score (nSPS) is 23.6. The molecule has 3 unspecified atom stereocenters. The summed E-state index contributed by atoms with van der Waals surface area (Å²) >= 11 is 0. The number of aromatic nitrogens is 3. The van der Waals surface area contributed by atoms with Gasteiger partial charge in [-0.25, -0.2) is 4.68 Å². The Morgan fingerprint density at radius 2 is 2.03 bits per heavy atom. The Kier molecular flexibility index (Phi) is 6.37. The van der Waals surface area contributed by atoms with Gasteiger partial charge in [-0.1, -0.05) is 23.8 Å². The van der Waals surface area contributed by atoms with Crippen molar-refractivity contribution in [2.24, 2.45) is 5.92 Å². The molecule has 0 spiro atoms. The smallest absolute Gasteiger partial charge is 0.277 e. The Balaban J connectivity index is 1.17. The number of unbranched alkanes of at least 4 members (excludes halogenated alkanes) is 2. The van der Waals surface area contributed by atoms with Gasteiger partial charge in [-0.15, -0.1) is 5.10 Å². The van der Waals surface area contributed by atoms with Crippen LogP contribution in [0.15, 0.2) is 29.1 Å². The van der Waals surface area contributed by atoms with Crippen molar-refractivity contribution < 1.29 is 9.59 Å². The maximum absolute atomic E-state index is 12.4. The minimum absolute atomic E-state index is 0.0327. The lowest BCUT2D eigenvalue weighted by Crippen LogP contribution is -2.59. The van der Waals surface area contributed by atoms with Crippen LogP contribution in [0.3, 0.4) is 0 Å². The Morgan fingerprint density at radius 1 is 1.17 bits per heavy atom. The molecule has 4 rings (SSSR count). The highest BCUT2D eigenvalue weighted by Gasteiger charge is 2.37. The summed E-state index contributed by atoms with van der Waals surface area (Å²) < 4.78 is 1.39. The molecule has 1 aromatic carbocycles. The first-order valence-electron chi connectivity index (χ1n) is 10.7. The zero-order valence-electron chi connectivity index (χ0n) is 17.0. The van der Waals surface area contributed by atoms with Crippen LogP contribution >= 0.6 is 0 Å². The summed E-state index contributed by atoms with van der Waals surface area (Å²) in [6.45, 7) is 1.03. The van der Waals surface area contributed by atoms with E-state index in [4.69, 9.17) is 0 Å². The number of nitrogens with one attached hydrogen (secondary N) is 3. The van der Waals surface area contributed by atoms with E-state index in [1.54, 1.807) is 12.1 Å². The molecule has 2 aliphatic rings. The van der Waals surface area contributed by atoms with Crippen molar-refractivity contribution in [3.63, 3.8) is 0 Å². The third-order valence-corrected chi connectivity index (χ3v) is 6.08. The van der Waals surface area contributed by atoms with E-state index in [0.29, 0.717) is 37.0 Å². The molecule has 1 saturated carbocycles. The molecule has 2 heterocycles. The molecule has 9 nitrogen and oxygen atoms in total. The number of aryl methyl sites for hydroxylation is 1. The second kappa shape index (κ2) is 9.34. The number of hydrogen-bond donors (Lipinski definition) is 3. The van der Waals surface area contributed by atoms with Crippen LogP contribution in [0.2, 0.25) is 0 Å². The maximum atomic E-state index is 12.4. The summed E-state index contributed by atoms with van der Waals surface area (Å²) in [5, 5.41) is 17.9. The van der Waals surface area contributed by atoms with Crippen LogP contribution in [0, 0.1) is 5.92 Å². The Bertz CT molecular complexity index is 975. The summed E-state index contributed by atoms with van der Waals surface area (Å²) in [5.41, 5.74) is 0.473. The van der Waals surface area contributed by atoms with E-state index in [2.05, 4.69) is 26.3 Å². The van der Waals surface area contributed by atoms with E-state index in [1.165, 1.54) is 4.68 Å². The summed E-state index contributed by atoms with van der Waals surface area (Å²) in [5.74, 6) is 0.0641. The molecule has 3 atom stereocenters. The van der Waals surface area contributed by atoms with E-state index in [1.807, 2.05) is 12.1 Å². The SMILES string of the molecule is O=C(CCCCCn1nnc2ccccc2c1=O)NC1CCC2NCNC(=O)C2C1. The van der Waals surface area contributed by atoms with Crippen molar-refractivity contribution >= 4 is 22.7 Å². The van der Waals surface area contributed by atoms with Gasteiger partial charge in [-0.05, 0) is 44.2 Å². The number of hydrogen-bond acceptors (Lipinski definition) is 6. The van der Waals surface area contributed by atoms with E-state index >= 15 is 0 Å². The van der Waals surface area contributed by atoms with Gasteiger partial charge >= 0.3 is 0 Å². The van der Waals surface area contributed by atoms with Crippen LogP contribution in [-0.4, -0.2) is 45.6 Å². The highest BCUT2D eigenvalue weighted by molar-refractivity contribution is 5.81. The molecule has 2 aromatic rings. The summed E-state index contributed by atoms with van der Waals surface area (Å²) in [4.78, 5) is 36.7. The average Bonchev–Trinajstić information content (AvgIpc) is 2.76. The first-order valence-corrected chi connectivity index (χ1v) is 10.7. The fraction of sp³-hybridized carbons (Fsp3) is 0.571. The van der Waals surface area contributed by atoms with Crippen molar-refractivity contribution in [2.75, 3.05) is 6.67 Å². The van der Waals surface area contributed by atoms with E-state index in [-0.39, 0.29) is 35.4 Å². The molecule has 30 heavy (non-hydrogen) atoms. The fourth-order valence-corrected chi connectivity index (χ4v) is 4.43. The van der Waals surface area contributed by atoms with E-state index in [0.717, 1.165) is 32.1 Å². The average molecular weight is 412 g/mol. The minimum Gasteiger partial charge on any atom is -0.353 e. The number of rotatable bonds is 7. The van der Waals surface area contributed by atoms with Crippen LogP contribution in [0.25, 0.3) is 10.9 Å². The molecule has 9 heteroatoms. The van der Waals surface area contributed by atoms with Crippen LogP contribution < -0.4 is 21.5 Å². The van der Waals surface area contributed by atoms with Crippen molar-refractivity contribution in [1.29, 1.82) is 0 Å². The maximum Gasteiger partial charge on any atom is 0.277 e. The molecule has 0 bridgehead atoms. The molecule has 0 radical (unpaired) electrons. The fourth-order valence-electron chi connectivity index (χ4n) is 4.43. The Hall–Kier alpha value is -2.81. The van der Waals surface area contributed by atoms with Gasteiger partial charge < -0.3 is 10.6 Å². The van der Waals surface area contributed by atoms with Crippen molar-refractivity contribution in [2.45, 2.75) is 63.6 Å². The van der Waals surface area contributed by atoms with E-state index < -0.39 is 0 Å². The third kappa shape index (κ3) is 4.67. The van der Waals surface area contributed by atoms with Crippen LogP contribution in [0.1, 0.15) is 44.9 Å². The minimum atomic E-state index is -0.129. The lowest BCUT2D eigenvalue weighted by molar-refractivity contribution is -0.130. The van der Waals surface area contributed by atoms with Crippen LogP contribution in [0.5, 0.6) is 0 Å². The molecule has 2 amide bonds. The van der Waals surface area contributed by atoms with Gasteiger partial charge in [0, 0.05) is 25.0 Å². The number of fused-ring (bicyclic) bond motifs is 2. The molecule has 1 aromatic heterocycles. The monoisotopic (exact) mass is 412 g/mol. The lowest BCUT2D eigenvalue weighted by Gasteiger charge is -2.39.